The van der Waals surface area contributed by atoms with Gasteiger partial charge in [0.15, 0.2) is 0 Å². The van der Waals surface area contributed by atoms with E-state index in [-0.39, 0.29) is 18.2 Å². The van der Waals surface area contributed by atoms with Crippen LogP contribution in [0.2, 0.25) is 0 Å². The minimum atomic E-state index is -0.0987. The second-order valence-electron chi connectivity index (χ2n) is 6.53. The van der Waals surface area contributed by atoms with Crippen LogP contribution in [0.3, 0.4) is 0 Å². The molecule has 138 valence electrons. The van der Waals surface area contributed by atoms with E-state index in [0.29, 0.717) is 24.8 Å². The Kier molecular flexibility index (Phi) is 7.21. The third-order valence-electron chi connectivity index (χ3n) is 3.78. The van der Waals surface area contributed by atoms with Gasteiger partial charge in [-0.3, -0.25) is 9.59 Å². The predicted molar refractivity (Wildman–Crippen MR) is 103 cm³/mol. The summed E-state index contributed by atoms with van der Waals surface area (Å²) in [4.78, 5) is 25.5. The second-order valence-corrected chi connectivity index (χ2v) is 6.53. The summed E-state index contributed by atoms with van der Waals surface area (Å²) in [5.74, 6) is 1.70. The van der Waals surface area contributed by atoms with Gasteiger partial charge in [0.25, 0.3) is 0 Å². The van der Waals surface area contributed by atoms with Gasteiger partial charge in [-0.2, -0.15) is 0 Å². The number of benzene rings is 2. The van der Waals surface area contributed by atoms with Crippen molar-refractivity contribution in [2.45, 2.75) is 27.2 Å². The summed E-state index contributed by atoms with van der Waals surface area (Å²) in [6.07, 6.45) is 0.272. The number of nitrogens with zero attached hydrogens (tertiary/aromatic N) is 1. The predicted octanol–water partition coefficient (Wildman–Crippen LogP) is 3.99. The van der Waals surface area contributed by atoms with E-state index in [1.807, 2.05) is 68.4 Å². The number of para-hydroxylation sites is 1. The van der Waals surface area contributed by atoms with Gasteiger partial charge in [-0.25, -0.2) is 0 Å². The maximum absolute atomic E-state index is 12.0. The molecule has 2 amide bonds. The van der Waals surface area contributed by atoms with E-state index in [9.17, 15) is 9.59 Å². The third kappa shape index (κ3) is 6.24. The molecule has 0 saturated carbocycles. The molecule has 0 fully saturated rings. The molecule has 0 aliphatic rings. The van der Waals surface area contributed by atoms with Crippen LogP contribution in [0.15, 0.2) is 54.6 Å². The molecule has 0 aliphatic carbocycles. The molecule has 5 heteroatoms. The second kappa shape index (κ2) is 9.61. The number of rotatable bonds is 8. The fraction of sp³-hybridized carbons (Fsp3) is 0.333. The molecule has 0 atom stereocenters. The van der Waals surface area contributed by atoms with Crippen molar-refractivity contribution < 1.29 is 14.3 Å². The monoisotopic (exact) mass is 354 g/mol. The number of ether oxygens (including phenoxy) is 1. The Morgan fingerprint density at radius 3 is 2.19 bits per heavy atom. The number of amides is 2. The highest BCUT2D eigenvalue weighted by molar-refractivity contribution is 5.92. The topological polar surface area (TPSA) is 58.6 Å². The van der Waals surface area contributed by atoms with Gasteiger partial charge >= 0.3 is 0 Å². The average Bonchev–Trinajstić information content (AvgIpc) is 2.62. The minimum absolute atomic E-state index is 0.0472. The fourth-order valence-corrected chi connectivity index (χ4v) is 2.41. The summed E-state index contributed by atoms with van der Waals surface area (Å²) in [6.45, 7) is 6.57. The lowest BCUT2D eigenvalue weighted by Crippen LogP contribution is -2.34. The van der Waals surface area contributed by atoms with E-state index in [1.54, 1.807) is 4.90 Å². The minimum Gasteiger partial charge on any atom is -0.457 e. The first kappa shape index (κ1) is 19.5. The number of nitrogens with one attached hydrogen (secondary N) is 1. The van der Waals surface area contributed by atoms with Crippen LogP contribution in [0.1, 0.15) is 27.2 Å². The van der Waals surface area contributed by atoms with Gasteiger partial charge in [-0.05, 0) is 42.3 Å². The molecule has 2 aromatic rings. The molecule has 0 spiro atoms. The maximum atomic E-state index is 12.0. The van der Waals surface area contributed by atoms with Gasteiger partial charge < -0.3 is 15.0 Å². The van der Waals surface area contributed by atoms with Crippen LogP contribution in [0.4, 0.5) is 5.69 Å². The molecule has 5 nitrogen and oxygen atoms in total. The molecule has 26 heavy (non-hydrogen) atoms. The first-order chi connectivity index (χ1) is 12.5. The zero-order chi connectivity index (χ0) is 18.9. The zero-order valence-electron chi connectivity index (χ0n) is 15.6. The zero-order valence-corrected chi connectivity index (χ0v) is 15.6. The number of carbonyl (C=O) groups excluding carboxylic acids is 2. The molecule has 0 aromatic heterocycles. The Bertz CT molecular complexity index is 712. The Hall–Kier alpha value is -2.82. The van der Waals surface area contributed by atoms with Crippen LogP contribution in [-0.2, 0) is 9.59 Å². The van der Waals surface area contributed by atoms with Crippen molar-refractivity contribution in [2.24, 2.45) is 5.92 Å². The lowest BCUT2D eigenvalue weighted by molar-refractivity contribution is -0.121. The maximum Gasteiger partial charge on any atom is 0.223 e. The Morgan fingerprint density at radius 2 is 1.62 bits per heavy atom. The van der Waals surface area contributed by atoms with Crippen LogP contribution in [0.5, 0.6) is 11.5 Å². The quantitative estimate of drug-likeness (QED) is 0.780. The highest BCUT2D eigenvalue weighted by Crippen LogP contribution is 2.24. The lowest BCUT2D eigenvalue weighted by atomic mass is 10.2. The normalized spacial score (nSPS) is 10.5. The van der Waals surface area contributed by atoms with Gasteiger partial charge in [0, 0.05) is 32.1 Å². The molecule has 0 aliphatic heterocycles. The standard InChI is InChI=1S/C21H26N2O3/c1-16(2)15-22-21(25)13-14-23(17(3)24)18-9-11-20(12-10-18)26-19-7-5-4-6-8-19/h4-12,16H,13-15H2,1-3H3,(H,22,25). The molecule has 1 N–H and O–H groups in total. The number of hydrogen-bond acceptors (Lipinski definition) is 3. The molecule has 0 saturated heterocycles. The molecule has 2 rings (SSSR count). The van der Waals surface area contributed by atoms with E-state index < -0.39 is 0 Å². The van der Waals surface area contributed by atoms with Crippen molar-refractivity contribution in [1.82, 2.24) is 5.32 Å². The number of anilines is 1. The van der Waals surface area contributed by atoms with Gasteiger partial charge in [0.2, 0.25) is 11.8 Å². The van der Waals surface area contributed by atoms with Crippen molar-refractivity contribution in [3.05, 3.63) is 54.6 Å². The Labute approximate surface area is 155 Å². The summed E-state index contributed by atoms with van der Waals surface area (Å²) in [5, 5.41) is 2.87. The molecule has 0 unspecified atom stereocenters. The first-order valence-electron chi connectivity index (χ1n) is 8.83. The molecule has 2 aromatic carbocycles. The highest BCUT2D eigenvalue weighted by atomic mass is 16.5. The molecule has 0 heterocycles. The van der Waals surface area contributed by atoms with Gasteiger partial charge in [-0.1, -0.05) is 32.0 Å². The average molecular weight is 354 g/mol. The largest absolute Gasteiger partial charge is 0.457 e. The highest BCUT2D eigenvalue weighted by Gasteiger charge is 2.14. The van der Waals surface area contributed by atoms with Gasteiger partial charge in [-0.15, -0.1) is 0 Å². The van der Waals surface area contributed by atoms with Crippen LogP contribution in [-0.4, -0.2) is 24.9 Å². The van der Waals surface area contributed by atoms with Crippen LogP contribution in [0.25, 0.3) is 0 Å². The van der Waals surface area contributed by atoms with E-state index >= 15 is 0 Å². The smallest absolute Gasteiger partial charge is 0.223 e. The molecular formula is C21H26N2O3. The van der Waals surface area contributed by atoms with Crippen molar-refractivity contribution in [3.8, 4) is 11.5 Å². The molecular weight excluding hydrogens is 328 g/mol. The SMILES string of the molecule is CC(=O)N(CCC(=O)NCC(C)C)c1ccc(Oc2ccccc2)cc1. The Balaban J connectivity index is 1.96. The van der Waals surface area contributed by atoms with E-state index in [0.717, 1.165) is 11.4 Å². The summed E-state index contributed by atoms with van der Waals surface area (Å²) in [7, 11) is 0. The fourth-order valence-electron chi connectivity index (χ4n) is 2.41. The third-order valence-corrected chi connectivity index (χ3v) is 3.78. The summed E-state index contributed by atoms with van der Waals surface area (Å²) in [5.41, 5.74) is 0.745. The first-order valence-corrected chi connectivity index (χ1v) is 8.83. The van der Waals surface area contributed by atoms with Gasteiger partial charge in [0.05, 0.1) is 0 Å². The summed E-state index contributed by atoms with van der Waals surface area (Å²) < 4.78 is 5.76. The van der Waals surface area contributed by atoms with Crippen LogP contribution < -0.4 is 15.0 Å². The van der Waals surface area contributed by atoms with Crippen LogP contribution >= 0.6 is 0 Å². The van der Waals surface area contributed by atoms with Crippen molar-refractivity contribution in [1.29, 1.82) is 0 Å². The summed E-state index contributed by atoms with van der Waals surface area (Å²) in [6, 6.07) is 16.8. The van der Waals surface area contributed by atoms with Gasteiger partial charge in [0.1, 0.15) is 11.5 Å². The summed E-state index contributed by atoms with van der Waals surface area (Å²) >= 11 is 0. The van der Waals surface area contributed by atoms with E-state index in [1.165, 1.54) is 6.92 Å². The molecule has 0 radical (unpaired) electrons. The lowest BCUT2D eigenvalue weighted by Gasteiger charge is -2.21. The number of carbonyl (C=O) groups is 2. The van der Waals surface area contributed by atoms with Crippen molar-refractivity contribution in [2.75, 3.05) is 18.0 Å². The molecule has 0 bridgehead atoms. The van der Waals surface area contributed by atoms with Crippen LogP contribution in [0, 0.1) is 5.92 Å². The van der Waals surface area contributed by atoms with E-state index in [4.69, 9.17) is 4.74 Å². The van der Waals surface area contributed by atoms with Crippen molar-refractivity contribution >= 4 is 17.5 Å². The van der Waals surface area contributed by atoms with E-state index in [2.05, 4.69) is 5.32 Å². The van der Waals surface area contributed by atoms with Crippen molar-refractivity contribution in [3.63, 3.8) is 0 Å². The number of hydrogen-bond donors (Lipinski definition) is 1. The Morgan fingerprint density at radius 1 is 1.00 bits per heavy atom.